The summed E-state index contributed by atoms with van der Waals surface area (Å²) in [5, 5.41) is 9.61. The van der Waals surface area contributed by atoms with Gasteiger partial charge >= 0.3 is 11.9 Å². The van der Waals surface area contributed by atoms with E-state index < -0.39 is 29.3 Å². The van der Waals surface area contributed by atoms with Crippen LogP contribution in [-0.4, -0.2) is 65.0 Å². The second-order valence-corrected chi connectivity index (χ2v) is 17.2. The highest BCUT2D eigenvalue weighted by molar-refractivity contribution is 6.77. The molecule has 3 rings (SSSR count). The minimum atomic E-state index is -1.52. The van der Waals surface area contributed by atoms with E-state index in [-0.39, 0.29) is 0 Å². The van der Waals surface area contributed by atoms with Crippen molar-refractivity contribution in [1.29, 1.82) is 0 Å². The summed E-state index contributed by atoms with van der Waals surface area (Å²) in [6, 6.07) is 14.7. The lowest BCUT2D eigenvalue weighted by atomic mass is 10.2. The maximum absolute atomic E-state index is 11.7. The number of nitrogens with zero attached hydrogens (tertiary/aromatic N) is 3. The summed E-state index contributed by atoms with van der Waals surface area (Å²) in [7, 11) is -0.0530. The molecular weight excluding hydrogens is 532 g/mol. The van der Waals surface area contributed by atoms with Crippen LogP contribution in [-0.2, 0) is 13.6 Å². The van der Waals surface area contributed by atoms with Crippen molar-refractivity contribution >= 4 is 58.5 Å². The normalized spacial score (nSPS) is 11.8. The minimum Gasteiger partial charge on any atom is -0.465 e. The van der Waals surface area contributed by atoms with Gasteiger partial charge in [-0.3, -0.25) is 0 Å². The molecule has 208 valence electrons. The Morgan fingerprint density at radius 2 is 1.21 bits per heavy atom. The molecule has 0 aliphatic carbocycles. The highest BCUT2D eigenvalue weighted by Crippen LogP contribution is 2.20. The molecule has 1 unspecified atom stereocenters. The molecule has 0 saturated heterocycles. The second kappa shape index (κ2) is 13.8. The van der Waals surface area contributed by atoms with Crippen molar-refractivity contribution in [3.05, 3.63) is 59.7 Å². The van der Waals surface area contributed by atoms with Gasteiger partial charge in [-0.2, -0.15) is 15.0 Å². The first-order valence-electron chi connectivity index (χ1n) is 12.6. The van der Waals surface area contributed by atoms with Gasteiger partial charge in [0.2, 0.25) is 17.8 Å². The van der Waals surface area contributed by atoms with E-state index in [1.807, 2.05) is 0 Å². The van der Waals surface area contributed by atoms with Crippen molar-refractivity contribution in [3.8, 4) is 0 Å². The third-order valence-corrected chi connectivity index (χ3v) is 11.0. The third kappa shape index (κ3) is 9.78. The van der Waals surface area contributed by atoms with Crippen molar-refractivity contribution in [3.63, 3.8) is 0 Å². The molecular formula is C26H36N6O5Si2. The lowest BCUT2D eigenvalue weighted by Gasteiger charge is -2.23. The fourth-order valence-electron chi connectivity index (χ4n) is 3.69. The smallest absolute Gasteiger partial charge is 0.337 e. The van der Waals surface area contributed by atoms with E-state index >= 15 is 0 Å². The van der Waals surface area contributed by atoms with Crippen LogP contribution < -0.4 is 16.0 Å². The van der Waals surface area contributed by atoms with Crippen LogP contribution in [0.3, 0.4) is 0 Å². The van der Waals surface area contributed by atoms with E-state index in [2.05, 4.69) is 57.1 Å². The van der Waals surface area contributed by atoms with Crippen LogP contribution in [0.5, 0.6) is 0 Å². The fraction of sp³-hybridized carbons (Fsp3) is 0.346. The first kappa shape index (κ1) is 29.7. The standard InChI is InChI=1S/C26H36N6O5Si2/c1-35-22(33)18-8-12-20(13-9-18)28-25-30-24(27-16-7-17-38(3)37-39(4,5)6)31-26(32-25)29-21-14-10-19(11-15-21)23(34)36-2/h8-15,38H,7,16-17H2,1-6H3,(H3,27,28,29,30,31,32). The number of benzene rings is 2. The van der Waals surface area contributed by atoms with E-state index in [1.54, 1.807) is 48.5 Å². The average molecular weight is 569 g/mol. The Hall–Kier alpha value is -3.82. The van der Waals surface area contributed by atoms with Crippen molar-refractivity contribution in [2.24, 2.45) is 0 Å². The van der Waals surface area contributed by atoms with Crippen molar-refractivity contribution in [2.75, 3.05) is 36.7 Å². The summed E-state index contributed by atoms with van der Waals surface area (Å²) in [6.45, 7) is 9.58. The van der Waals surface area contributed by atoms with Crippen LogP contribution >= 0.6 is 0 Å². The highest BCUT2D eigenvalue weighted by atomic mass is 28.4. The zero-order valence-electron chi connectivity index (χ0n) is 23.2. The van der Waals surface area contributed by atoms with Crippen molar-refractivity contribution in [1.82, 2.24) is 15.0 Å². The molecule has 0 bridgehead atoms. The van der Waals surface area contributed by atoms with Crippen molar-refractivity contribution in [2.45, 2.75) is 38.7 Å². The van der Waals surface area contributed by atoms with Gasteiger partial charge in [0.1, 0.15) is 0 Å². The van der Waals surface area contributed by atoms with Crippen molar-refractivity contribution < 1.29 is 23.2 Å². The number of carbonyl (C=O) groups is 2. The Morgan fingerprint density at radius 3 is 1.62 bits per heavy atom. The number of esters is 2. The van der Waals surface area contributed by atoms with Gasteiger partial charge < -0.3 is 29.5 Å². The molecule has 0 amide bonds. The van der Waals surface area contributed by atoms with Gasteiger partial charge in [0.25, 0.3) is 0 Å². The lowest BCUT2D eigenvalue weighted by molar-refractivity contribution is 0.0592. The molecule has 0 aliphatic heterocycles. The summed E-state index contributed by atoms with van der Waals surface area (Å²) < 4.78 is 15.8. The topological polar surface area (TPSA) is 137 Å². The van der Waals surface area contributed by atoms with Crippen LogP contribution in [0.15, 0.2) is 48.5 Å². The van der Waals surface area contributed by atoms with E-state index in [0.717, 1.165) is 12.5 Å². The molecule has 0 radical (unpaired) electrons. The lowest BCUT2D eigenvalue weighted by Crippen LogP contribution is -2.33. The third-order valence-electron chi connectivity index (χ3n) is 5.38. The number of anilines is 5. The molecule has 0 saturated carbocycles. The second-order valence-electron chi connectivity index (χ2n) is 9.80. The Kier molecular flexibility index (Phi) is 10.5. The van der Waals surface area contributed by atoms with E-state index in [4.69, 9.17) is 13.6 Å². The molecule has 1 heterocycles. The fourth-order valence-corrected chi connectivity index (χ4v) is 9.77. The van der Waals surface area contributed by atoms with E-state index in [1.165, 1.54) is 14.2 Å². The molecule has 11 nitrogen and oxygen atoms in total. The van der Waals surface area contributed by atoms with Gasteiger partial charge in [-0.1, -0.05) is 0 Å². The first-order chi connectivity index (χ1) is 18.6. The van der Waals surface area contributed by atoms with Gasteiger partial charge in [0, 0.05) is 17.9 Å². The molecule has 1 atom stereocenters. The van der Waals surface area contributed by atoms with Gasteiger partial charge in [0.05, 0.1) is 25.3 Å². The Bertz CT molecular complexity index is 1170. The van der Waals surface area contributed by atoms with Crippen LogP contribution in [0.2, 0.25) is 32.2 Å². The summed E-state index contributed by atoms with van der Waals surface area (Å²) in [6.07, 6.45) is 0.944. The Morgan fingerprint density at radius 1 is 0.769 bits per heavy atom. The van der Waals surface area contributed by atoms with E-state index in [0.29, 0.717) is 46.9 Å². The Labute approximate surface area is 231 Å². The number of methoxy groups -OCH3 is 2. The van der Waals surface area contributed by atoms with Crippen LogP contribution in [0.1, 0.15) is 27.1 Å². The van der Waals surface area contributed by atoms with Gasteiger partial charge in [-0.05, 0) is 87.2 Å². The number of nitrogens with one attached hydrogen (secondary N) is 3. The molecule has 39 heavy (non-hydrogen) atoms. The molecule has 0 aliphatic rings. The van der Waals surface area contributed by atoms with Crippen LogP contribution in [0.25, 0.3) is 0 Å². The van der Waals surface area contributed by atoms with Gasteiger partial charge in [0.15, 0.2) is 17.4 Å². The quantitative estimate of drug-likeness (QED) is 0.147. The number of ether oxygens (including phenoxy) is 2. The van der Waals surface area contributed by atoms with Crippen LogP contribution in [0.4, 0.5) is 29.2 Å². The van der Waals surface area contributed by atoms with Gasteiger partial charge in [-0.15, -0.1) is 0 Å². The molecule has 3 N–H and O–H groups in total. The van der Waals surface area contributed by atoms with Gasteiger partial charge in [-0.25, -0.2) is 9.59 Å². The number of rotatable bonds is 13. The maximum atomic E-state index is 11.7. The SMILES string of the molecule is COC(=O)c1ccc(Nc2nc(NCCC[SiH](C)O[Si](C)(C)C)nc(Nc3ccc(C(=O)OC)cc3)n2)cc1. The van der Waals surface area contributed by atoms with E-state index in [9.17, 15) is 9.59 Å². The molecule has 3 aromatic rings. The monoisotopic (exact) mass is 568 g/mol. The number of hydrogen-bond acceptors (Lipinski definition) is 11. The Balaban J connectivity index is 1.74. The van der Waals surface area contributed by atoms with Crippen LogP contribution in [0, 0.1) is 0 Å². The highest BCUT2D eigenvalue weighted by Gasteiger charge is 2.18. The number of hydrogen-bond donors (Lipinski definition) is 3. The molecule has 2 aromatic carbocycles. The predicted molar refractivity (Wildman–Crippen MR) is 157 cm³/mol. The predicted octanol–water partition coefficient (Wildman–Crippen LogP) is 4.94. The molecule has 13 heteroatoms. The molecule has 1 aromatic heterocycles. The molecule has 0 fully saturated rings. The summed E-state index contributed by atoms with van der Waals surface area (Å²) in [4.78, 5) is 37.0. The average Bonchev–Trinajstić information content (AvgIpc) is 2.90. The zero-order chi connectivity index (χ0) is 28.4. The summed E-state index contributed by atoms with van der Waals surface area (Å²) in [5.41, 5.74) is 2.26. The number of carbonyl (C=O) groups excluding carboxylic acids is 2. The molecule has 0 spiro atoms. The summed E-state index contributed by atoms with van der Waals surface area (Å²) in [5.74, 6) is 0.220. The largest absolute Gasteiger partial charge is 0.465 e. The first-order valence-corrected chi connectivity index (χ1v) is 18.5. The maximum Gasteiger partial charge on any atom is 0.337 e. The number of aromatic nitrogens is 3. The minimum absolute atomic E-state index is 0.316. The summed E-state index contributed by atoms with van der Waals surface area (Å²) >= 11 is 0. The zero-order valence-corrected chi connectivity index (χ0v) is 25.4.